The first-order chi connectivity index (χ1) is 10.0. The first-order valence-corrected chi connectivity index (χ1v) is 7.13. The Hall–Kier alpha value is -1.86. The summed E-state index contributed by atoms with van der Waals surface area (Å²) < 4.78 is 0. The van der Waals surface area contributed by atoms with Crippen molar-refractivity contribution >= 4 is 29.0 Å². The van der Waals surface area contributed by atoms with Crippen molar-refractivity contribution in [1.82, 2.24) is 4.90 Å². The van der Waals surface area contributed by atoms with Gasteiger partial charge in [0.15, 0.2) is 0 Å². The third-order valence-corrected chi connectivity index (χ3v) is 3.16. The number of anilines is 1. The number of hydrogen-bond acceptors (Lipinski definition) is 4. The summed E-state index contributed by atoms with van der Waals surface area (Å²) in [5.41, 5.74) is -0.917. The van der Waals surface area contributed by atoms with Crippen LogP contribution in [-0.2, 0) is 0 Å². The van der Waals surface area contributed by atoms with E-state index in [1.54, 1.807) is 13.8 Å². The molecule has 0 unspecified atom stereocenters. The zero-order valence-corrected chi connectivity index (χ0v) is 13.7. The van der Waals surface area contributed by atoms with Crippen molar-refractivity contribution in [2.24, 2.45) is 0 Å². The van der Waals surface area contributed by atoms with Crippen LogP contribution in [0.4, 0.5) is 16.2 Å². The van der Waals surface area contributed by atoms with Crippen LogP contribution in [0, 0.1) is 10.1 Å². The predicted octanol–water partition coefficient (Wildman–Crippen LogP) is 3.26. The minimum atomic E-state index is -1.04. The number of nitro benzene ring substituents is 1. The lowest BCUT2D eigenvalue weighted by Gasteiger charge is -2.32. The average molecular weight is 330 g/mol. The minimum Gasteiger partial charge on any atom is -0.389 e. The Bertz CT molecular complexity index is 570. The molecule has 0 spiro atoms. The van der Waals surface area contributed by atoms with E-state index in [4.69, 9.17) is 11.6 Å². The molecule has 0 heterocycles. The molecule has 0 saturated heterocycles. The summed E-state index contributed by atoms with van der Waals surface area (Å²) in [7, 11) is 0. The Kier molecular flexibility index (Phi) is 5.73. The summed E-state index contributed by atoms with van der Waals surface area (Å²) in [5, 5.41) is 23.2. The predicted molar refractivity (Wildman–Crippen MR) is 85.3 cm³/mol. The number of hydrogen-bond donors (Lipinski definition) is 2. The summed E-state index contributed by atoms with van der Waals surface area (Å²) in [6, 6.07) is 3.24. The molecule has 2 amide bonds. The molecule has 0 bridgehead atoms. The van der Waals surface area contributed by atoms with Crippen molar-refractivity contribution in [2.45, 2.75) is 39.3 Å². The molecular formula is C14H20ClN3O4. The van der Waals surface area contributed by atoms with E-state index in [0.29, 0.717) is 0 Å². The number of aliphatic hydroxyl groups is 1. The van der Waals surface area contributed by atoms with E-state index in [1.165, 1.54) is 23.1 Å². The maximum absolute atomic E-state index is 12.3. The van der Waals surface area contributed by atoms with Gasteiger partial charge in [0.05, 0.1) is 27.8 Å². The fourth-order valence-corrected chi connectivity index (χ4v) is 2.03. The van der Waals surface area contributed by atoms with Gasteiger partial charge < -0.3 is 15.3 Å². The highest BCUT2D eigenvalue weighted by molar-refractivity contribution is 6.33. The summed E-state index contributed by atoms with van der Waals surface area (Å²) in [5.74, 6) is 0. The molecule has 1 aromatic rings. The third kappa shape index (κ3) is 5.16. The van der Waals surface area contributed by atoms with Crippen molar-refractivity contribution in [3.8, 4) is 0 Å². The van der Waals surface area contributed by atoms with Crippen LogP contribution in [0.15, 0.2) is 18.2 Å². The molecule has 122 valence electrons. The third-order valence-electron chi connectivity index (χ3n) is 2.85. The lowest BCUT2D eigenvalue weighted by molar-refractivity contribution is -0.384. The second kappa shape index (κ2) is 6.93. The monoisotopic (exact) mass is 329 g/mol. The Labute approximate surface area is 134 Å². The largest absolute Gasteiger partial charge is 0.389 e. The Balaban J connectivity index is 2.92. The van der Waals surface area contributed by atoms with Crippen LogP contribution in [-0.4, -0.2) is 39.1 Å². The van der Waals surface area contributed by atoms with Crippen LogP contribution in [0.1, 0.15) is 27.7 Å². The molecule has 0 radical (unpaired) electrons. The van der Waals surface area contributed by atoms with E-state index < -0.39 is 16.6 Å². The molecule has 0 aliphatic carbocycles. The molecule has 0 aliphatic heterocycles. The lowest BCUT2D eigenvalue weighted by Crippen LogP contribution is -2.47. The fourth-order valence-electron chi connectivity index (χ4n) is 1.81. The van der Waals surface area contributed by atoms with Crippen LogP contribution in [0.3, 0.4) is 0 Å². The number of nitrogens with one attached hydrogen (secondary N) is 1. The molecular weight excluding hydrogens is 310 g/mol. The van der Waals surface area contributed by atoms with Crippen LogP contribution in [0.2, 0.25) is 5.02 Å². The molecule has 0 saturated carbocycles. The molecule has 0 aromatic heterocycles. The van der Waals surface area contributed by atoms with Gasteiger partial charge in [-0.3, -0.25) is 10.1 Å². The average Bonchev–Trinajstić information content (AvgIpc) is 2.36. The van der Waals surface area contributed by atoms with E-state index in [0.717, 1.165) is 0 Å². The maximum Gasteiger partial charge on any atom is 0.322 e. The Morgan fingerprint density at radius 1 is 1.50 bits per heavy atom. The number of benzene rings is 1. The van der Waals surface area contributed by atoms with Gasteiger partial charge in [-0.15, -0.1) is 0 Å². The topological polar surface area (TPSA) is 95.7 Å². The molecule has 0 fully saturated rings. The van der Waals surface area contributed by atoms with Gasteiger partial charge in [0.1, 0.15) is 0 Å². The van der Waals surface area contributed by atoms with Gasteiger partial charge in [0, 0.05) is 18.2 Å². The molecule has 1 rings (SSSR count). The number of nitrogens with zero attached hydrogens (tertiary/aromatic N) is 2. The summed E-state index contributed by atoms with van der Waals surface area (Å²) >= 11 is 5.95. The van der Waals surface area contributed by atoms with Crippen molar-refractivity contribution in [2.75, 3.05) is 11.9 Å². The highest BCUT2D eigenvalue weighted by Gasteiger charge is 2.25. The van der Waals surface area contributed by atoms with Crippen LogP contribution < -0.4 is 5.32 Å². The summed E-state index contributed by atoms with van der Waals surface area (Å²) in [6.07, 6.45) is 0. The Morgan fingerprint density at radius 3 is 2.50 bits per heavy atom. The molecule has 1 aromatic carbocycles. The molecule has 0 aliphatic rings. The number of carbonyl (C=O) groups is 1. The van der Waals surface area contributed by atoms with Gasteiger partial charge in [0.25, 0.3) is 5.69 Å². The minimum absolute atomic E-state index is 0.0783. The number of nitro groups is 1. The summed E-state index contributed by atoms with van der Waals surface area (Å²) in [6.45, 7) is 7.00. The van der Waals surface area contributed by atoms with E-state index in [2.05, 4.69) is 5.32 Å². The second-order valence-electron chi connectivity index (χ2n) is 5.89. The maximum atomic E-state index is 12.3. The van der Waals surface area contributed by atoms with Crippen LogP contribution in [0.25, 0.3) is 0 Å². The highest BCUT2D eigenvalue weighted by Crippen LogP contribution is 2.27. The standard InChI is InChI=1S/C14H20ClN3O4/c1-9(2)17(8-14(3,4)20)13(19)16-12-6-5-10(18(21)22)7-11(12)15/h5-7,9,20H,8H2,1-4H3,(H,16,19). The molecule has 7 nitrogen and oxygen atoms in total. The van der Waals surface area contributed by atoms with Gasteiger partial charge >= 0.3 is 6.03 Å². The molecule has 22 heavy (non-hydrogen) atoms. The first kappa shape index (κ1) is 18.2. The van der Waals surface area contributed by atoms with E-state index in [9.17, 15) is 20.0 Å². The quantitative estimate of drug-likeness (QED) is 0.640. The number of rotatable bonds is 5. The van der Waals surface area contributed by atoms with E-state index in [-0.39, 0.29) is 29.0 Å². The van der Waals surface area contributed by atoms with E-state index >= 15 is 0 Å². The fraction of sp³-hybridized carbons (Fsp3) is 0.500. The molecule has 2 N–H and O–H groups in total. The summed E-state index contributed by atoms with van der Waals surface area (Å²) in [4.78, 5) is 23.9. The zero-order valence-electron chi connectivity index (χ0n) is 13.0. The van der Waals surface area contributed by atoms with Crippen molar-refractivity contribution in [3.05, 3.63) is 33.3 Å². The van der Waals surface area contributed by atoms with Crippen molar-refractivity contribution in [3.63, 3.8) is 0 Å². The van der Waals surface area contributed by atoms with Crippen LogP contribution >= 0.6 is 11.6 Å². The highest BCUT2D eigenvalue weighted by atomic mass is 35.5. The zero-order chi connectivity index (χ0) is 17.1. The van der Waals surface area contributed by atoms with Gasteiger partial charge in [-0.25, -0.2) is 4.79 Å². The van der Waals surface area contributed by atoms with Gasteiger partial charge in [-0.05, 0) is 33.8 Å². The first-order valence-electron chi connectivity index (χ1n) is 6.75. The smallest absolute Gasteiger partial charge is 0.322 e. The van der Waals surface area contributed by atoms with Crippen molar-refractivity contribution in [1.29, 1.82) is 0 Å². The van der Waals surface area contributed by atoms with Gasteiger partial charge in [-0.2, -0.15) is 0 Å². The number of amides is 2. The number of halogens is 1. The second-order valence-corrected chi connectivity index (χ2v) is 6.29. The molecule has 0 atom stereocenters. The van der Waals surface area contributed by atoms with Crippen LogP contribution in [0.5, 0.6) is 0 Å². The SMILES string of the molecule is CC(C)N(CC(C)(C)O)C(=O)Nc1ccc([N+](=O)[O-])cc1Cl. The number of non-ortho nitro benzene ring substituents is 1. The normalized spacial score (nSPS) is 11.4. The number of urea groups is 1. The lowest BCUT2D eigenvalue weighted by atomic mass is 10.1. The van der Waals surface area contributed by atoms with Gasteiger partial charge in [-0.1, -0.05) is 11.6 Å². The van der Waals surface area contributed by atoms with E-state index in [1.807, 2.05) is 13.8 Å². The Morgan fingerprint density at radius 2 is 2.09 bits per heavy atom. The number of carbonyl (C=O) groups excluding carboxylic acids is 1. The van der Waals surface area contributed by atoms with Crippen molar-refractivity contribution < 1.29 is 14.8 Å². The molecule has 8 heteroatoms. The van der Waals surface area contributed by atoms with Gasteiger partial charge in [0.2, 0.25) is 0 Å².